The van der Waals surface area contributed by atoms with E-state index in [0.717, 1.165) is 71.1 Å². The van der Waals surface area contributed by atoms with Crippen LogP contribution in [0.2, 0.25) is 0 Å². The molecular weight excluding hydrogens is 300 g/mol. The Morgan fingerprint density at radius 2 is 1.43 bits per heavy atom. The third kappa shape index (κ3) is 7.85. The molecule has 0 radical (unpaired) electrons. The summed E-state index contributed by atoms with van der Waals surface area (Å²) in [6, 6.07) is 0. The van der Waals surface area contributed by atoms with Gasteiger partial charge in [-0.2, -0.15) is 0 Å². The summed E-state index contributed by atoms with van der Waals surface area (Å²) < 4.78 is 4.73. The van der Waals surface area contributed by atoms with E-state index < -0.39 is 12.2 Å². The number of hydrogen-bond donors (Lipinski definition) is 1. The van der Waals surface area contributed by atoms with Gasteiger partial charge in [-0.3, -0.25) is 4.79 Å². The van der Waals surface area contributed by atoms with E-state index in [9.17, 15) is 14.4 Å². The quantitative estimate of drug-likeness (QED) is 0.487. The van der Waals surface area contributed by atoms with Crippen LogP contribution in [0.25, 0.3) is 0 Å². The van der Waals surface area contributed by atoms with Gasteiger partial charge in [0, 0.05) is 32.6 Å². The third-order valence-corrected chi connectivity index (χ3v) is 3.93. The lowest BCUT2D eigenvalue weighted by Crippen LogP contribution is -2.30. The second kappa shape index (κ2) is 10.9. The highest BCUT2D eigenvalue weighted by Crippen LogP contribution is 2.10. The van der Waals surface area contributed by atoms with Crippen molar-refractivity contribution in [2.45, 2.75) is 58.3 Å². The molecule has 0 aromatic carbocycles. The Morgan fingerprint density at radius 3 is 1.87 bits per heavy atom. The van der Waals surface area contributed by atoms with Gasteiger partial charge in [0.2, 0.25) is 0 Å². The summed E-state index contributed by atoms with van der Waals surface area (Å²) in [5, 5.41) is 8.34. The zero-order valence-corrected chi connectivity index (χ0v) is 14.0. The molecule has 7 nitrogen and oxygen atoms in total. The Kier molecular flexibility index (Phi) is 9.09. The largest absolute Gasteiger partial charge is 0.465 e. The van der Waals surface area contributed by atoms with E-state index in [0.29, 0.717) is 6.42 Å². The predicted molar refractivity (Wildman–Crippen MR) is 85.3 cm³/mol. The summed E-state index contributed by atoms with van der Waals surface area (Å²) in [6.07, 6.45) is 6.09. The van der Waals surface area contributed by atoms with E-state index in [1.54, 1.807) is 4.90 Å². The number of esters is 1. The Bertz CT molecular complexity index is 388. The maximum Gasteiger partial charge on any atom is 0.417 e. The highest BCUT2D eigenvalue weighted by molar-refractivity contribution is 5.84. The molecule has 2 fully saturated rings. The van der Waals surface area contributed by atoms with E-state index in [4.69, 9.17) is 9.84 Å². The Balaban J connectivity index is 0.000000277. The molecule has 0 aromatic rings. The molecule has 2 aliphatic heterocycles. The number of nitrogens with zero attached hydrogens (tertiary/aromatic N) is 2. The average molecular weight is 328 g/mol. The lowest BCUT2D eigenvalue weighted by Gasteiger charge is -2.13. The first kappa shape index (κ1) is 19.3. The molecule has 2 aliphatic rings. The zero-order chi connectivity index (χ0) is 17.1. The van der Waals surface area contributed by atoms with Crippen LogP contribution in [0.3, 0.4) is 0 Å². The van der Waals surface area contributed by atoms with Crippen molar-refractivity contribution in [2.24, 2.45) is 0 Å². The van der Waals surface area contributed by atoms with Crippen LogP contribution in [-0.4, -0.2) is 59.2 Å². The van der Waals surface area contributed by atoms with E-state index in [1.807, 2.05) is 0 Å². The number of carboxylic acid groups (broad SMARTS) is 1. The minimum atomic E-state index is -0.775. The number of amides is 2. The Morgan fingerprint density at radius 1 is 0.913 bits per heavy atom. The molecule has 7 heteroatoms. The topological polar surface area (TPSA) is 87.2 Å². The van der Waals surface area contributed by atoms with Crippen molar-refractivity contribution >= 4 is 18.2 Å². The molecule has 2 saturated heterocycles. The molecule has 132 valence electrons. The molecule has 0 unspecified atom stereocenters. The van der Waals surface area contributed by atoms with Crippen LogP contribution >= 0.6 is 0 Å². The molecule has 0 aromatic heterocycles. The van der Waals surface area contributed by atoms with E-state index in [-0.39, 0.29) is 5.97 Å². The van der Waals surface area contributed by atoms with Gasteiger partial charge in [-0.1, -0.05) is 19.8 Å². The first-order chi connectivity index (χ1) is 11.0. The van der Waals surface area contributed by atoms with Crippen molar-refractivity contribution in [3.8, 4) is 0 Å². The van der Waals surface area contributed by atoms with Crippen molar-refractivity contribution in [3.63, 3.8) is 0 Å². The fourth-order valence-corrected chi connectivity index (χ4v) is 2.54. The number of likely N-dealkylation sites (tertiary alicyclic amines) is 2. The monoisotopic (exact) mass is 328 g/mol. The first-order valence-corrected chi connectivity index (χ1v) is 8.52. The van der Waals surface area contributed by atoms with Crippen molar-refractivity contribution in [1.29, 1.82) is 0 Å². The molecule has 0 atom stereocenters. The Hall–Kier alpha value is -1.79. The molecule has 0 spiro atoms. The SMILES string of the molecule is CCCCCC(=O)OC(=O)N1CCCC1.O=C(O)N1CCCC1. The van der Waals surface area contributed by atoms with Gasteiger partial charge in [0.05, 0.1) is 0 Å². The zero-order valence-electron chi connectivity index (χ0n) is 14.0. The van der Waals surface area contributed by atoms with Gasteiger partial charge in [0.1, 0.15) is 0 Å². The van der Waals surface area contributed by atoms with Crippen molar-refractivity contribution in [1.82, 2.24) is 9.80 Å². The van der Waals surface area contributed by atoms with Crippen molar-refractivity contribution < 1.29 is 24.2 Å². The smallest absolute Gasteiger partial charge is 0.417 e. The summed E-state index contributed by atoms with van der Waals surface area (Å²) in [5.41, 5.74) is 0. The normalized spacial score (nSPS) is 16.7. The minimum absolute atomic E-state index is 0.355. The number of ether oxygens (including phenoxy) is 1. The maximum atomic E-state index is 11.4. The van der Waals surface area contributed by atoms with Crippen LogP contribution in [0.4, 0.5) is 9.59 Å². The van der Waals surface area contributed by atoms with Gasteiger partial charge >= 0.3 is 18.2 Å². The molecular formula is C16H28N2O5. The van der Waals surface area contributed by atoms with E-state index in [2.05, 4.69) is 6.92 Å². The number of carbonyl (C=O) groups is 3. The van der Waals surface area contributed by atoms with Gasteiger partial charge in [-0.25, -0.2) is 9.59 Å². The molecule has 2 rings (SSSR count). The molecule has 0 bridgehead atoms. The van der Waals surface area contributed by atoms with Gasteiger partial charge in [0.25, 0.3) is 0 Å². The fourth-order valence-electron chi connectivity index (χ4n) is 2.54. The van der Waals surface area contributed by atoms with E-state index in [1.165, 1.54) is 4.90 Å². The van der Waals surface area contributed by atoms with Gasteiger partial charge < -0.3 is 19.6 Å². The maximum absolute atomic E-state index is 11.4. The number of rotatable bonds is 4. The highest BCUT2D eigenvalue weighted by atomic mass is 16.6. The third-order valence-electron chi connectivity index (χ3n) is 3.93. The predicted octanol–water partition coefficient (Wildman–Crippen LogP) is 3.09. The molecule has 0 saturated carbocycles. The van der Waals surface area contributed by atoms with Gasteiger partial charge in [0.15, 0.2) is 0 Å². The van der Waals surface area contributed by atoms with Crippen LogP contribution in [-0.2, 0) is 9.53 Å². The molecule has 23 heavy (non-hydrogen) atoms. The summed E-state index contributed by atoms with van der Waals surface area (Å²) in [7, 11) is 0. The average Bonchev–Trinajstić information content (AvgIpc) is 3.21. The Labute approximate surface area is 137 Å². The minimum Gasteiger partial charge on any atom is -0.465 e. The summed E-state index contributed by atoms with van der Waals surface area (Å²) >= 11 is 0. The second-order valence-electron chi connectivity index (χ2n) is 5.87. The van der Waals surface area contributed by atoms with Crippen LogP contribution in [0.5, 0.6) is 0 Å². The van der Waals surface area contributed by atoms with Crippen LogP contribution < -0.4 is 0 Å². The molecule has 1 N–H and O–H groups in total. The van der Waals surface area contributed by atoms with Crippen LogP contribution in [0.1, 0.15) is 58.3 Å². The van der Waals surface area contributed by atoms with Crippen LogP contribution in [0.15, 0.2) is 0 Å². The van der Waals surface area contributed by atoms with Crippen molar-refractivity contribution in [2.75, 3.05) is 26.2 Å². The first-order valence-electron chi connectivity index (χ1n) is 8.52. The summed E-state index contributed by atoms with van der Waals surface area (Å²) in [4.78, 5) is 35.8. The summed E-state index contributed by atoms with van der Waals surface area (Å²) in [5.74, 6) is -0.389. The summed E-state index contributed by atoms with van der Waals surface area (Å²) in [6.45, 7) is 4.98. The standard InChI is InChI=1S/C11H19NO3.C5H9NO2/c1-2-3-4-7-10(13)15-11(14)12-8-5-6-9-12;7-5(8)6-3-1-2-4-6/h2-9H2,1H3;1-4H2,(H,7,8). The van der Waals surface area contributed by atoms with Gasteiger partial charge in [-0.05, 0) is 32.1 Å². The van der Waals surface area contributed by atoms with Crippen molar-refractivity contribution in [3.05, 3.63) is 0 Å². The van der Waals surface area contributed by atoms with E-state index >= 15 is 0 Å². The molecule has 0 aliphatic carbocycles. The van der Waals surface area contributed by atoms with Crippen LogP contribution in [0, 0.1) is 0 Å². The number of unbranched alkanes of at least 4 members (excludes halogenated alkanes) is 2. The number of carbonyl (C=O) groups excluding carboxylic acids is 2. The lowest BCUT2D eigenvalue weighted by atomic mass is 10.2. The second-order valence-corrected chi connectivity index (χ2v) is 5.87. The number of hydrogen-bond acceptors (Lipinski definition) is 4. The molecule has 2 heterocycles. The van der Waals surface area contributed by atoms with Gasteiger partial charge in [-0.15, -0.1) is 0 Å². The fraction of sp³-hybridized carbons (Fsp3) is 0.812. The molecule has 2 amide bonds. The lowest BCUT2D eigenvalue weighted by molar-refractivity contribution is -0.138. The highest BCUT2D eigenvalue weighted by Gasteiger charge is 2.21.